The van der Waals surface area contributed by atoms with E-state index in [2.05, 4.69) is 0 Å². The fourth-order valence-electron chi connectivity index (χ4n) is 8.80. The van der Waals surface area contributed by atoms with Crippen molar-refractivity contribution in [3.8, 4) is 0 Å². The molecule has 4 rings (SSSR count). The van der Waals surface area contributed by atoms with Crippen LogP contribution in [-0.4, -0.2) is 67.0 Å². The van der Waals surface area contributed by atoms with Gasteiger partial charge in [-0.25, -0.2) is 0 Å². The molecule has 8 heteroatoms. The molecule has 0 aliphatic heterocycles. The summed E-state index contributed by atoms with van der Waals surface area (Å²) in [6.07, 6.45) is -0.232. The fourth-order valence-corrected chi connectivity index (χ4v) is 8.80. The SMILES string of the molecule is CC(CC(=O)C[C@](C)(O)C1=C[C@H](O)[C@@]2(C)C3=C(C(=O)C[C@]12C)[C@@]1(C)CC[C@H](O)C(C)(C)C1C[C@@H]3O)C(=O)O. The van der Waals surface area contributed by atoms with Crippen LogP contribution in [0.1, 0.15) is 87.0 Å². The van der Waals surface area contributed by atoms with Crippen LogP contribution in [0.2, 0.25) is 0 Å². The first-order valence-electron chi connectivity index (χ1n) is 13.8. The number of carbonyl (C=O) groups is 3. The van der Waals surface area contributed by atoms with Gasteiger partial charge in [-0.1, -0.05) is 47.6 Å². The van der Waals surface area contributed by atoms with E-state index in [0.29, 0.717) is 36.0 Å². The molecule has 38 heavy (non-hydrogen) atoms. The van der Waals surface area contributed by atoms with Gasteiger partial charge in [-0.2, -0.15) is 0 Å². The van der Waals surface area contributed by atoms with Crippen molar-refractivity contribution >= 4 is 17.5 Å². The second-order valence-corrected chi connectivity index (χ2v) is 14.0. The molecule has 0 radical (unpaired) electrons. The lowest BCUT2D eigenvalue weighted by molar-refractivity contribution is -0.143. The molecule has 0 saturated heterocycles. The molecular formula is C30H44O8. The Balaban J connectivity index is 1.79. The first-order chi connectivity index (χ1) is 17.2. The van der Waals surface area contributed by atoms with Gasteiger partial charge in [0.05, 0.1) is 29.8 Å². The number of fused-ring (bicyclic) bond motifs is 4. The zero-order chi connectivity index (χ0) is 28.8. The van der Waals surface area contributed by atoms with Crippen molar-refractivity contribution in [2.24, 2.45) is 33.5 Å². The molecule has 4 aliphatic rings. The second-order valence-electron chi connectivity index (χ2n) is 14.0. The van der Waals surface area contributed by atoms with Gasteiger partial charge in [-0.15, -0.1) is 0 Å². The van der Waals surface area contributed by atoms with E-state index >= 15 is 0 Å². The Kier molecular flexibility index (Phi) is 6.76. The number of carboxylic acids is 1. The van der Waals surface area contributed by atoms with Gasteiger partial charge in [0.2, 0.25) is 0 Å². The maximum Gasteiger partial charge on any atom is 0.306 e. The molecule has 9 atom stereocenters. The van der Waals surface area contributed by atoms with Crippen LogP contribution in [0.3, 0.4) is 0 Å². The third-order valence-electron chi connectivity index (χ3n) is 11.2. The molecule has 212 valence electrons. The molecule has 8 nitrogen and oxygen atoms in total. The molecular weight excluding hydrogens is 488 g/mol. The van der Waals surface area contributed by atoms with Gasteiger partial charge < -0.3 is 25.5 Å². The first-order valence-corrected chi connectivity index (χ1v) is 13.8. The van der Waals surface area contributed by atoms with E-state index < -0.39 is 63.2 Å². The molecule has 0 aromatic carbocycles. The van der Waals surface area contributed by atoms with Crippen molar-refractivity contribution in [1.82, 2.24) is 0 Å². The molecule has 0 aromatic heterocycles. The number of hydrogen-bond acceptors (Lipinski definition) is 7. The van der Waals surface area contributed by atoms with Crippen LogP contribution in [0.5, 0.6) is 0 Å². The molecule has 0 bridgehead atoms. The zero-order valence-corrected chi connectivity index (χ0v) is 23.7. The Hall–Kier alpha value is -1.87. The maximum atomic E-state index is 14.1. The molecule has 1 fully saturated rings. The van der Waals surface area contributed by atoms with E-state index in [4.69, 9.17) is 0 Å². The molecule has 1 saturated carbocycles. The molecule has 5 N–H and O–H groups in total. The number of ketones is 2. The van der Waals surface area contributed by atoms with Crippen LogP contribution in [0.15, 0.2) is 22.8 Å². The predicted molar refractivity (Wildman–Crippen MR) is 140 cm³/mol. The summed E-state index contributed by atoms with van der Waals surface area (Å²) < 4.78 is 0. The minimum atomic E-state index is -1.72. The maximum absolute atomic E-state index is 14.1. The van der Waals surface area contributed by atoms with Crippen molar-refractivity contribution in [2.45, 2.75) is 111 Å². The van der Waals surface area contributed by atoms with Crippen LogP contribution in [0.4, 0.5) is 0 Å². The number of rotatable bonds is 6. The predicted octanol–water partition coefficient (Wildman–Crippen LogP) is 2.96. The van der Waals surface area contributed by atoms with E-state index in [1.165, 1.54) is 19.9 Å². The highest BCUT2D eigenvalue weighted by Gasteiger charge is 2.69. The number of aliphatic hydroxyl groups excluding tert-OH is 3. The normalized spacial score (nSPS) is 42.4. The van der Waals surface area contributed by atoms with Gasteiger partial charge in [-0.3, -0.25) is 14.4 Å². The highest BCUT2D eigenvalue weighted by Crippen LogP contribution is 2.70. The number of Topliss-reactive ketones (excluding diaryl/α,β-unsaturated/α-hetero) is 2. The minimum absolute atomic E-state index is 0.000885. The summed E-state index contributed by atoms with van der Waals surface area (Å²) in [6.45, 7) is 12.6. The molecule has 0 spiro atoms. The van der Waals surface area contributed by atoms with E-state index in [9.17, 15) is 39.9 Å². The van der Waals surface area contributed by atoms with Crippen LogP contribution < -0.4 is 0 Å². The van der Waals surface area contributed by atoms with Crippen molar-refractivity contribution in [3.63, 3.8) is 0 Å². The number of aliphatic hydroxyl groups is 4. The van der Waals surface area contributed by atoms with Crippen LogP contribution in [0.25, 0.3) is 0 Å². The number of carbonyl (C=O) groups excluding carboxylic acids is 2. The molecule has 4 aliphatic carbocycles. The minimum Gasteiger partial charge on any atom is -0.481 e. The summed E-state index contributed by atoms with van der Waals surface area (Å²) >= 11 is 0. The van der Waals surface area contributed by atoms with Crippen LogP contribution in [-0.2, 0) is 14.4 Å². The molecule has 2 unspecified atom stereocenters. The van der Waals surface area contributed by atoms with Gasteiger partial charge in [0.25, 0.3) is 0 Å². The van der Waals surface area contributed by atoms with Gasteiger partial charge in [0, 0.05) is 35.7 Å². The lowest BCUT2D eigenvalue weighted by atomic mass is 9.42. The Morgan fingerprint density at radius 3 is 2.32 bits per heavy atom. The quantitative estimate of drug-likeness (QED) is 0.327. The first kappa shape index (κ1) is 29.1. The highest BCUT2D eigenvalue weighted by molar-refractivity contribution is 6.00. The Labute approximate surface area is 224 Å². The molecule has 0 heterocycles. The number of allylic oxidation sites excluding steroid dienone is 1. The van der Waals surface area contributed by atoms with Crippen LogP contribution in [0, 0.1) is 33.5 Å². The number of carboxylic acid groups (broad SMARTS) is 1. The van der Waals surface area contributed by atoms with Crippen molar-refractivity contribution < 1.29 is 39.9 Å². The topological polar surface area (TPSA) is 152 Å². The summed E-state index contributed by atoms with van der Waals surface area (Å²) in [6, 6.07) is 0. The highest BCUT2D eigenvalue weighted by atomic mass is 16.4. The number of hydrogen-bond donors (Lipinski definition) is 5. The van der Waals surface area contributed by atoms with Crippen molar-refractivity contribution in [1.29, 1.82) is 0 Å². The van der Waals surface area contributed by atoms with Gasteiger partial charge >= 0.3 is 5.97 Å². The Morgan fingerprint density at radius 2 is 1.74 bits per heavy atom. The van der Waals surface area contributed by atoms with E-state index in [-0.39, 0.29) is 31.0 Å². The summed E-state index contributed by atoms with van der Waals surface area (Å²) in [7, 11) is 0. The molecule has 0 amide bonds. The Bertz CT molecular complexity index is 1130. The van der Waals surface area contributed by atoms with Gasteiger partial charge in [-0.05, 0) is 54.1 Å². The monoisotopic (exact) mass is 532 g/mol. The smallest absolute Gasteiger partial charge is 0.306 e. The lowest BCUT2D eigenvalue weighted by Gasteiger charge is -2.62. The third kappa shape index (κ3) is 3.81. The summed E-state index contributed by atoms with van der Waals surface area (Å²) in [4.78, 5) is 38.0. The molecule has 0 aromatic rings. The van der Waals surface area contributed by atoms with E-state index in [1.54, 1.807) is 0 Å². The standard InChI is InChI=1S/C30H44O8/c1-15(25(36)37)10-16(31)13-29(6,38)20-12-22(35)30(7)24-17(32)11-19-26(2,3)21(34)8-9-27(19,4)23(24)18(33)14-28(20,30)5/h12,15,17,19,21-22,32,34-35,38H,8-11,13-14H2,1-7H3,(H,36,37)/t15?,17-,19?,21-,22-,27-,28+,29-,30-/m0/s1. The zero-order valence-electron chi connectivity index (χ0n) is 23.7. The van der Waals surface area contributed by atoms with Gasteiger partial charge in [0.15, 0.2) is 5.78 Å². The average Bonchev–Trinajstić information content (AvgIpc) is 2.99. The summed E-state index contributed by atoms with van der Waals surface area (Å²) in [5, 5.41) is 54.7. The Morgan fingerprint density at radius 1 is 1.13 bits per heavy atom. The largest absolute Gasteiger partial charge is 0.481 e. The number of aliphatic carboxylic acids is 1. The van der Waals surface area contributed by atoms with E-state index in [1.807, 2.05) is 34.6 Å². The second kappa shape index (κ2) is 8.82. The van der Waals surface area contributed by atoms with Gasteiger partial charge in [0.1, 0.15) is 5.78 Å². The van der Waals surface area contributed by atoms with Crippen molar-refractivity contribution in [2.75, 3.05) is 0 Å². The van der Waals surface area contributed by atoms with E-state index in [0.717, 1.165) is 0 Å². The van der Waals surface area contributed by atoms with Crippen LogP contribution >= 0.6 is 0 Å². The third-order valence-corrected chi connectivity index (χ3v) is 11.2. The average molecular weight is 533 g/mol. The fraction of sp³-hybridized carbons (Fsp3) is 0.767. The van der Waals surface area contributed by atoms with Crippen molar-refractivity contribution in [3.05, 3.63) is 22.8 Å². The summed E-state index contributed by atoms with van der Waals surface area (Å²) in [5.74, 6) is -2.68. The summed E-state index contributed by atoms with van der Waals surface area (Å²) in [5.41, 5.74) is -3.53. The lowest BCUT2D eigenvalue weighted by Crippen LogP contribution is -2.61.